The fraction of sp³-hybridized carbons (Fsp3) is 0.133. The molecule has 0 fully saturated rings. The molecule has 5 heteroatoms. The van der Waals surface area contributed by atoms with Gasteiger partial charge >= 0.3 is 0 Å². The lowest BCUT2D eigenvalue weighted by Crippen LogP contribution is -2.42. The molecule has 104 valence electrons. The number of nitrogens with two attached hydrogens (primary N) is 1. The standard InChI is InChI=1S/C15H17FN4/c1-20(11-12-7-9-13(16)10-8-12)15(19-17)18-14-5-3-2-4-6-14/h2-10H,11,17H2,1H3,(H,18,19). The summed E-state index contributed by atoms with van der Waals surface area (Å²) >= 11 is 0. The summed E-state index contributed by atoms with van der Waals surface area (Å²) in [6.07, 6.45) is 0. The topological polar surface area (TPSA) is 53.6 Å². The fourth-order valence-corrected chi connectivity index (χ4v) is 1.79. The Morgan fingerprint density at radius 3 is 2.40 bits per heavy atom. The highest BCUT2D eigenvalue weighted by atomic mass is 19.1. The van der Waals surface area contributed by atoms with E-state index in [9.17, 15) is 4.39 Å². The van der Waals surface area contributed by atoms with Crippen LogP contribution in [-0.4, -0.2) is 17.9 Å². The number of para-hydroxylation sites is 1. The Hall–Kier alpha value is -2.40. The Morgan fingerprint density at radius 1 is 1.15 bits per heavy atom. The number of rotatable bonds is 3. The minimum absolute atomic E-state index is 0.244. The zero-order valence-corrected chi connectivity index (χ0v) is 11.3. The first kappa shape index (κ1) is 14.0. The van der Waals surface area contributed by atoms with Crippen molar-refractivity contribution in [2.45, 2.75) is 6.54 Å². The van der Waals surface area contributed by atoms with E-state index in [0.29, 0.717) is 12.5 Å². The molecule has 2 rings (SSSR count). The van der Waals surface area contributed by atoms with Crippen LogP contribution < -0.4 is 11.3 Å². The second-order valence-corrected chi connectivity index (χ2v) is 4.40. The van der Waals surface area contributed by atoms with Gasteiger partial charge in [0.05, 0.1) is 5.69 Å². The molecule has 0 aromatic heterocycles. The van der Waals surface area contributed by atoms with E-state index in [2.05, 4.69) is 10.4 Å². The molecule has 0 atom stereocenters. The molecule has 2 aromatic rings. The highest BCUT2D eigenvalue weighted by Crippen LogP contribution is 2.11. The normalized spacial score (nSPS) is 11.2. The van der Waals surface area contributed by atoms with Gasteiger partial charge in [-0.2, -0.15) is 0 Å². The second-order valence-electron chi connectivity index (χ2n) is 4.40. The Balaban J connectivity index is 2.11. The van der Waals surface area contributed by atoms with Crippen molar-refractivity contribution in [1.82, 2.24) is 10.3 Å². The summed E-state index contributed by atoms with van der Waals surface area (Å²) in [6.45, 7) is 0.580. The smallest absolute Gasteiger partial charge is 0.213 e. The van der Waals surface area contributed by atoms with Crippen molar-refractivity contribution in [2.75, 3.05) is 7.05 Å². The van der Waals surface area contributed by atoms with Gasteiger partial charge in [-0.05, 0) is 29.8 Å². The number of aliphatic imine (C=N–C) groups is 1. The Morgan fingerprint density at radius 2 is 1.80 bits per heavy atom. The molecule has 0 spiro atoms. The van der Waals surface area contributed by atoms with Crippen molar-refractivity contribution in [3.63, 3.8) is 0 Å². The van der Waals surface area contributed by atoms with E-state index in [1.165, 1.54) is 12.1 Å². The van der Waals surface area contributed by atoms with Crippen LogP contribution in [0.2, 0.25) is 0 Å². The first-order valence-corrected chi connectivity index (χ1v) is 6.25. The summed E-state index contributed by atoms with van der Waals surface area (Å²) in [5.41, 5.74) is 4.37. The van der Waals surface area contributed by atoms with Gasteiger partial charge in [-0.3, -0.25) is 5.43 Å². The lowest BCUT2D eigenvalue weighted by Gasteiger charge is -2.20. The Kier molecular flexibility index (Phi) is 4.68. The number of hydrazine groups is 1. The number of hydrogen-bond acceptors (Lipinski definition) is 2. The van der Waals surface area contributed by atoms with E-state index in [0.717, 1.165) is 11.3 Å². The molecule has 20 heavy (non-hydrogen) atoms. The van der Waals surface area contributed by atoms with Crippen LogP contribution in [-0.2, 0) is 6.54 Å². The van der Waals surface area contributed by atoms with Crippen molar-refractivity contribution >= 4 is 11.6 Å². The average molecular weight is 272 g/mol. The van der Waals surface area contributed by atoms with Gasteiger partial charge in [0, 0.05) is 13.6 Å². The molecule has 0 aliphatic heterocycles. The largest absolute Gasteiger partial charge is 0.340 e. The number of hydrogen-bond donors (Lipinski definition) is 2. The van der Waals surface area contributed by atoms with Crippen molar-refractivity contribution in [1.29, 1.82) is 0 Å². The highest BCUT2D eigenvalue weighted by Gasteiger charge is 2.06. The van der Waals surface area contributed by atoms with Crippen LogP contribution in [0.25, 0.3) is 0 Å². The molecule has 0 unspecified atom stereocenters. The average Bonchev–Trinajstić information content (AvgIpc) is 2.48. The van der Waals surface area contributed by atoms with Gasteiger partial charge in [-0.15, -0.1) is 0 Å². The molecule has 0 radical (unpaired) electrons. The molecular weight excluding hydrogens is 255 g/mol. The van der Waals surface area contributed by atoms with E-state index in [1.807, 2.05) is 42.3 Å². The van der Waals surface area contributed by atoms with Crippen LogP contribution in [0.4, 0.5) is 10.1 Å². The van der Waals surface area contributed by atoms with Crippen molar-refractivity contribution < 1.29 is 4.39 Å². The van der Waals surface area contributed by atoms with Gasteiger partial charge in [-0.1, -0.05) is 30.3 Å². The molecule has 3 N–H and O–H groups in total. The molecule has 0 saturated heterocycles. The summed E-state index contributed by atoms with van der Waals surface area (Å²) in [4.78, 5) is 6.28. The van der Waals surface area contributed by atoms with Crippen molar-refractivity contribution in [2.24, 2.45) is 10.8 Å². The van der Waals surface area contributed by atoms with Crippen LogP contribution >= 0.6 is 0 Å². The fourth-order valence-electron chi connectivity index (χ4n) is 1.79. The van der Waals surface area contributed by atoms with Gasteiger partial charge in [0.2, 0.25) is 5.96 Å². The van der Waals surface area contributed by atoms with E-state index in [-0.39, 0.29) is 5.82 Å². The third-order valence-corrected chi connectivity index (χ3v) is 2.81. The minimum Gasteiger partial charge on any atom is -0.340 e. The number of benzene rings is 2. The Bertz CT molecular complexity index is 566. The van der Waals surface area contributed by atoms with E-state index in [1.54, 1.807) is 12.1 Å². The predicted molar refractivity (Wildman–Crippen MR) is 78.7 cm³/mol. The summed E-state index contributed by atoms with van der Waals surface area (Å²) in [6, 6.07) is 15.9. The third-order valence-electron chi connectivity index (χ3n) is 2.81. The number of nitrogens with zero attached hydrogens (tertiary/aromatic N) is 2. The lowest BCUT2D eigenvalue weighted by atomic mass is 10.2. The molecule has 0 aliphatic rings. The SMILES string of the molecule is CN(Cc1ccc(F)cc1)C(=Nc1ccccc1)NN. The molecule has 4 nitrogen and oxygen atoms in total. The van der Waals surface area contributed by atoms with Gasteiger partial charge in [0.15, 0.2) is 0 Å². The maximum absolute atomic E-state index is 12.9. The number of halogens is 1. The molecule has 2 aromatic carbocycles. The zero-order chi connectivity index (χ0) is 14.4. The third kappa shape index (κ3) is 3.80. The minimum atomic E-state index is -0.244. The Labute approximate surface area is 117 Å². The molecule has 0 bridgehead atoms. The summed E-state index contributed by atoms with van der Waals surface area (Å²) in [5.74, 6) is 5.82. The van der Waals surface area contributed by atoms with Crippen LogP contribution in [0.5, 0.6) is 0 Å². The maximum atomic E-state index is 12.9. The number of nitrogens with one attached hydrogen (secondary N) is 1. The lowest BCUT2D eigenvalue weighted by molar-refractivity contribution is 0.479. The first-order chi connectivity index (χ1) is 9.69. The van der Waals surface area contributed by atoms with Gasteiger partial charge < -0.3 is 4.90 Å². The molecule has 0 heterocycles. The van der Waals surface area contributed by atoms with Crippen LogP contribution in [0.15, 0.2) is 59.6 Å². The molecule has 0 amide bonds. The summed E-state index contributed by atoms with van der Waals surface area (Å²) in [7, 11) is 1.87. The zero-order valence-electron chi connectivity index (χ0n) is 11.3. The van der Waals surface area contributed by atoms with E-state index in [4.69, 9.17) is 5.84 Å². The van der Waals surface area contributed by atoms with Crippen LogP contribution in [0, 0.1) is 5.82 Å². The highest BCUT2D eigenvalue weighted by molar-refractivity contribution is 5.81. The monoisotopic (exact) mass is 272 g/mol. The quantitative estimate of drug-likeness (QED) is 0.390. The molecule has 0 saturated carbocycles. The molecule has 0 aliphatic carbocycles. The maximum Gasteiger partial charge on any atom is 0.213 e. The number of guanidine groups is 1. The van der Waals surface area contributed by atoms with Crippen molar-refractivity contribution in [3.8, 4) is 0 Å². The molecular formula is C15H17FN4. The van der Waals surface area contributed by atoms with Crippen LogP contribution in [0.3, 0.4) is 0 Å². The van der Waals surface area contributed by atoms with Crippen LogP contribution in [0.1, 0.15) is 5.56 Å². The second kappa shape index (κ2) is 6.68. The van der Waals surface area contributed by atoms with E-state index >= 15 is 0 Å². The summed E-state index contributed by atoms with van der Waals surface area (Å²) in [5, 5.41) is 0. The predicted octanol–water partition coefficient (Wildman–Crippen LogP) is 2.41. The van der Waals surface area contributed by atoms with Gasteiger partial charge in [0.25, 0.3) is 0 Å². The summed E-state index contributed by atoms with van der Waals surface area (Å²) < 4.78 is 12.9. The van der Waals surface area contributed by atoms with E-state index < -0.39 is 0 Å². The first-order valence-electron chi connectivity index (χ1n) is 6.25. The van der Waals surface area contributed by atoms with Gasteiger partial charge in [0.1, 0.15) is 5.82 Å². The van der Waals surface area contributed by atoms with Crippen molar-refractivity contribution in [3.05, 3.63) is 66.0 Å². The van der Waals surface area contributed by atoms with Gasteiger partial charge in [-0.25, -0.2) is 15.2 Å².